The van der Waals surface area contributed by atoms with Gasteiger partial charge in [-0.25, -0.2) is 36.7 Å². The summed E-state index contributed by atoms with van der Waals surface area (Å²) in [5.74, 6) is -4.85. The van der Waals surface area contributed by atoms with Gasteiger partial charge in [0.15, 0.2) is 29.3 Å². The number of ketones is 2. The van der Waals surface area contributed by atoms with Crippen molar-refractivity contribution in [1.82, 2.24) is 54.1 Å². The highest BCUT2D eigenvalue weighted by Crippen LogP contribution is 2.45. The summed E-state index contributed by atoms with van der Waals surface area (Å²) < 4.78 is 85.2. The Morgan fingerprint density at radius 2 is 0.973 bits per heavy atom. The maximum atomic E-state index is 14.9. The highest BCUT2D eigenvalue weighted by atomic mass is 35.5. The van der Waals surface area contributed by atoms with Crippen LogP contribution in [0.5, 0.6) is 17.2 Å². The van der Waals surface area contributed by atoms with Crippen LogP contribution in [0.2, 0.25) is 15.1 Å². The number of pyridine rings is 3. The van der Waals surface area contributed by atoms with Gasteiger partial charge in [0.1, 0.15) is 51.3 Å². The number of benzene rings is 4. The number of carbonyl (C=O) groups is 6. The molecule has 10 aliphatic rings. The first-order valence-corrected chi connectivity index (χ1v) is 54.2. The standard InChI is InChI=1S/2C20H26FN3O3.C19H24FN3O3.C18H22FN3O3.C15H13Cl3O2.C8H11NOS.C7H15Cl2N.C2H6/c1-12(2)27-20(26)15-11-24(13-3-4-13)17-10-18(23-7-5-22-6-8-23)16(21)9-14(17)19(15)25;1-12(2)22-5-7-23(8-6-22)18-10-17-14(9-16(18)21)19(25)15(20(26)27)11-24(17)13-3-4-13;1-4-21-11-14(19(25)26)18(24)13-9-15(20)17(10-16(13)21)23-7-5-22(6-8-23)12(2)3;1-3-21-11-13(18(24)25-4-2)17(23)12-9-14(19)16(10-15(12)21)22-7-5-20-6-8-22;1-9(2)19-15-8-11(17)4-6-14(15)20-13-5-3-10(16)7-12(13)18;1-7(2)11-8-5-3-4-6-9(8)10;1-7(2)10(5-3-8)6-4-9;1-2/h9-14,17,22H,3-8H2,1-2H3;9-14,17H,3-8H2,1-2H3,(H,26,27);9-12H,4-8H2,1-3H3,(H,25,26);9-11,20H,3-8H2,1-2H3;3-9H,1-2H3;3-7H,1-2H3;7H,3-6H2,1-2H3;1-2H3. The van der Waals surface area contributed by atoms with Crippen LogP contribution in [0, 0.1) is 28.7 Å². The van der Waals surface area contributed by atoms with E-state index in [2.05, 4.69) is 85.6 Å². The molecule has 0 amide bonds. The predicted octanol–water partition coefficient (Wildman–Crippen LogP) is 18.7. The van der Waals surface area contributed by atoms with Crippen LogP contribution >= 0.6 is 69.8 Å². The third kappa shape index (κ3) is 31.9. The highest BCUT2D eigenvalue weighted by molar-refractivity contribution is 7.99. The first-order valence-electron chi connectivity index (χ1n) is 51.1. The number of rotatable bonds is 27. The number of aromatic carboxylic acids is 1. The third-order valence-electron chi connectivity index (χ3n) is 26.0. The molecule has 4 saturated heterocycles. The number of alkyl halides is 2. The molecule has 17 rings (SSSR count). The maximum Gasteiger partial charge on any atom is 0.343 e. The molecule has 6 fully saturated rings. The number of halogens is 9. The molecule has 4 aromatic carbocycles. The number of allylic oxidation sites excluding steroid dienone is 2. The number of carboxylic acid groups (broad SMARTS) is 2. The fourth-order valence-electron chi connectivity index (χ4n) is 18.1. The number of Topliss-reactive ketones (excluding diaryl/α,β-unsaturated/α-hetero) is 2. The third-order valence-corrected chi connectivity index (χ3v) is 28.2. The molecule has 808 valence electrons. The fraction of sp³-hybridized carbons (Fsp3) is 0.514. The summed E-state index contributed by atoms with van der Waals surface area (Å²) in [4.78, 5) is 117. The number of ether oxygens (including phenoxy) is 4. The smallest absolute Gasteiger partial charge is 0.343 e. The number of anilines is 2. The van der Waals surface area contributed by atoms with Gasteiger partial charge < -0.3 is 83.5 Å². The first-order chi connectivity index (χ1) is 70.6. The van der Waals surface area contributed by atoms with Gasteiger partial charge >= 0.3 is 23.9 Å². The van der Waals surface area contributed by atoms with Crippen molar-refractivity contribution in [2.24, 2.45) is 11.8 Å². The van der Waals surface area contributed by atoms with Gasteiger partial charge in [-0.3, -0.25) is 33.9 Å². The lowest BCUT2D eigenvalue weighted by atomic mass is 9.82. The Kier molecular flexibility index (Phi) is 45.7. The van der Waals surface area contributed by atoms with E-state index < -0.39 is 69.8 Å². The summed E-state index contributed by atoms with van der Waals surface area (Å²) in [6.45, 7) is 49.4. The number of fused-ring (bicyclic) bond motifs is 4. The number of aliphatic carboxylic acids is 1. The second-order valence-corrected chi connectivity index (χ2v) is 41.9. The van der Waals surface area contributed by atoms with Crippen molar-refractivity contribution in [3.63, 3.8) is 0 Å². The number of carbonyl (C=O) groups excluding carboxylic acids is 4. The lowest BCUT2D eigenvalue weighted by Gasteiger charge is -2.43. The molecule has 9 heterocycles. The first kappa shape index (κ1) is 119. The lowest BCUT2D eigenvalue weighted by Crippen LogP contribution is -2.51. The van der Waals surface area contributed by atoms with Crippen LogP contribution in [-0.4, -0.2) is 285 Å². The number of hydrogen-bond acceptors (Lipinski definition) is 25. The van der Waals surface area contributed by atoms with Crippen LogP contribution in [0.4, 0.5) is 28.9 Å². The van der Waals surface area contributed by atoms with Crippen LogP contribution in [-0.2, 0) is 41.7 Å². The van der Waals surface area contributed by atoms with Gasteiger partial charge in [-0.1, -0.05) is 74.3 Å². The summed E-state index contributed by atoms with van der Waals surface area (Å²) >= 11 is 30.7. The minimum absolute atomic E-state index is 0.0107. The number of carboxylic acids is 2. The molecule has 39 heteroatoms. The zero-order chi connectivity index (χ0) is 108. The van der Waals surface area contributed by atoms with Crippen LogP contribution in [0.1, 0.15) is 164 Å². The summed E-state index contributed by atoms with van der Waals surface area (Å²) in [5.41, 5.74) is 1.49. The molecule has 0 bridgehead atoms. The van der Waals surface area contributed by atoms with Crippen molar-refractivity contribution in [3.8, 4) is 17.2 Å². The molecule has 4 N–H and O–H groups in total. The zero-order valence-electron chi connectivity index (χ0n) is 87.6. The monoisotopic (exact) mass is 2170 g/mol. The van der Waals surface area contributed by atoms with E-state index in [1.54, 1.807) is 102 Å². The van der Waals surface area contributed by atoms with E-state index in [1.807, 2.05) is 90.3 Å². The SMILES string of the molecule is CC.CC(C)N(CCCl)CCCl.CC(C)N1CCN(C2=CC3C(C=C2F)C(=O)C(C(=O)O)=CN3C2CC2)CC1.CC(C)OC(=O)C1=CN(C2CC2)C2C=C(N3CCNCC3)C(F)=CC2C1=O.CC(C)Oc1cc(Cl)ccc1Oc1ccc(Cl)cc1Cl.CC(C)Sc1cccc[n+]1[O-].CCOC(=O)c1cn(CC)c2cc(N3CCNCC3)c(F)cc2c1=O.CCn1cc(C(=O)O)c(=O)c2cc(F)c(N3CCN(C(C)C)CC3)cc21. The number of hydrogen-bond donors (Lipinski definition) is 4. The Bertz CT molecular complexity index is 6080. The predicted molar refractivity (Wildman–Crippen MR) is 581 cm³/mol. The van der Waals surface area contributed by atoms with Gasteiger partial charge in [-0.2, -0.15) is 4.73 Å². The Labute approximate surface area is 894 Å². The molecule has 148 heavy (non-hydrogen) atoms. The van der Waals surface area contributed by atoms with E-state index in [4.69, 9.17) is 77.0 Å². The molecule has 2 saturated carbocycles. The van der Waals surface area contributed by atoms with Crippen molar-refractivity contribution < 1.29 is 80.2 Å². The van der Waals surface area contributed by atoms with Crippen LogP contribution in [0.25, 0.3) is 21.8 Å². The second kappa shape index (κ2) is 56.7. The number of aryl methyl sites for hydroxylation is 2. The van der Waals surface area contributed by atoms with Crippen LogP contribution in [0.3, 0.4) is 0 Å². The number of piperazine rings is 4. The van der Waals surface area contributed by atoms with E-state index in [1.165, 1.54) is 49.1 Å². The number of aromatic nitrogens is 3. The maximum absolute atomic E-state index is 14.9. The highest BCUT2D eigenvalue weighted by Gasteiger charge is 2.48. The molecule has 0 spiro atoms. The molecular weight excluding hydrogens is 2030 g/mol. The van der Waals surface area contributed by atoms with E-state index >= 15 is 0 Å². The van der Waals surface area contributed by atoms with Gasteiger partial charge in [0.05, 0.1) is 81.6 Å². The number of esters is 2. The molecule has 29 nitrogen and oxygen atoms in total. The lowest BCUT2D eigenvalue weighted by molar-refractivity contribution is -0.645. The molecule has 0 radical (unpaired) electrons. The van der Waals surface area contributed by atoms with Crippen molar-refractivity contribution in [1.29, 1.82) is 0 Å². The van der Waals surface area contributed by atoms with E-state index in [0.29, 0.717) is 147 Å². The Morgan fingerprint density at radius 3 is 1.40 bits per heavy atom. The molecule has 4 unspecified atom stereocenters. The summed E-state index contributed by atoms with van der Waals surface area (Å²) in [6, 6.07) is 22.9. The van der Waals surface area contributed by atoms with E-state index in [9.17, 15) is 71.3 Å². The van der Waals surface area contributed by atoms with Crippen LogP contribution in [0.15, 0.2) is 183 Å². The topological polar surface area (TPSA) is 304 Å². The zero-order valence-corrected chi connectivity index (χ0v) is 92.2. The number of nitrogens with zero attached hydrogens (tertiary/aromatic N) is 12. The van der Waals surface area contributed by atoms with Crippen molar-refractivity contribution in [2.75, 3.05) is 146 Å². The molecule has 7 aromatic rings. The minimum atomic E-state index is -1.30. The van der Waals surface area contributed by atoms with Gasteiger partial charge in [0.25, 0.3) is 5.03 Å². The van der Waals surface area contributed by atoms with Gasteiger partial charge in [0, 0.05) is 242 Å². The Hall–Kier alpha value is -10.4. The minimum Gasteiger partial charge on any atom is -0.618 e. The fourth-order valence-corrected chi connectivity index (χ4v) is 20.0. The van der Waals surface area contributed by atoms with Gasteiger partial charge in [-0.05, 0) is 201 Å². The van der Waals surface area contributed by atoms with Crippen molar-refractivity contribution in [2.45, 2.75) is 221 Å². The molecular formula is C109H143Cl5F4N14O15S. The quantitative estimate of drug-likeness (QED) is 0.00707. The molecule has 3 aromatic heterocycles. The average Bonchev–Trinajstić information content (AvgIpc) is 1.59. The summed E-state index contributed by atoms with van der Waals surface area (Å²) in [5, 5.41) is 39.2. The van der Waals surface area contributed by atoms with Crippen molar-refractivity contribution >= 4 is 138 Å². The van der Waals surface area contributed by atoms with E-state index in [-0.39, 0.29) is 81.6 Å². The van der Waals surface area contributed by atoms with Crippen molar-refractivity contribution in [3.05, 3.63) is 232 Å². The normalized spacial score (nSPS) is 18.8. The average molecular weight is 2170 g/mol. The summed E-state index contributed by atoms with van der Waals surface area (Å²) in [6.07, 6.45) is 17.6. The largest absolute Gasteiger partial charge is 0.618 e. The summed E-state index contributed by atoms with van der Waals surface area (Å²) in [7, 11) is 0. The van der Waals surface area contributed by atoms with Crippen LogP contribution < -0.4 is 45.5 Å². The number of thioether (sulfide) groups is 1. The molecule has 6 aliphatic heterocycles. The second-order valence-electron chi connectivity index (χ2n) is 38.3. The van der Waals surface area contributed by atoms with Gasteiger partial charge in [0.2, 0.25) is 10.9 Å². The molecule has 4 aliphatic carbocycles. The molecule has 4 atom stereocenters. The Balaban J connectivity index is 0.000000180. The van der Waals surface area contributed by atoms with E-state index in [0.717, 1.165) is 127 Å². The Morgan fingerprint density at radius 1 is 0.527 bits per heavy atom. The van der Waals surface area contributed by atoms with Gasteiger partial charge in [-0.15, -0.1) is 23.2 Å². The number of nitrogens with one attached hydrogen (secondary N) is 2.